The summed E-state index contributed by atoms with van der Waals surface area (Å²) >= 11 is 0. The molecule has 2 aliphatic heterocycles. The number of carbonyl (C=O) groups is 1. The smallest absolute Gasteiger partial charge is 0.317 e. The largest absolute Gasteiger partial charge is 0.336 e. The van der Waals surface area contributed by atoms with Crippen LogP contribution >= 0.6 is 0 Å². The molecule has 2 saturated heterocycles. The summed E-state index contributed by atoms with van der Waals surface area (Å²) in [6.45, 7) is 4.05. The minimum atomic E-state index is 0.0559. The Morgan fingerprint density at radius 3 is 3.26 bits per heavy atom. The first-order valence-corrected chi connectivity index (χ1v) is 6.38. The van der Waals surface area contributed by atoms with Gasteiger partial charge in [-0.2, -0.15) is 5.26 Å². The van der Waals surface area contributed by atoms with Crippen molar-refractivity contribution in [3.05, 3.63) is 29.6 Å². The van der Waals surface area contributed by atoms with Crippen LogP contribution in [0.2, 0.25) is 0 Å². The Kier molecular flexibility index (Phi) is 3.05. The Bertz CT molecular complexity index is 538. The predicted octanol–water partition coefficient (Wildman–Crippen LogP) is 0.163. The third-order valence-corrected chi connectivity index (χ3v) is 3.66. The highest BCUT2D eigenvalue weighted by molar-refractivity contribution is 5.77. The number of hydrogen-bond donors (Lipinski definition) is 1. The van der Waals surface area contributed by atoms with E-state index in [1.807, 2.05) is 17.0 Å². The van der Waals surface area contributed by atoms with Gasteiger partial charge in [0.15, 0.2) is 0 Å². The van der Waals surface area contributed by atoms with Crippen LogP contribution in [0.15, 0.2) is 18.3 Å². The van der Waals surface area contributed by atoms with Crippen molar-refractivity contribution in [1.29, 1.82) is 5.26 Å². The van der Waals surface area contributed by atoms with Crippen LogP contribution in [-0.2, 0) is 6.54 Å². The molecule has 0 saturated carbocycles. The van der Waals surface area contributed by atoms with Crippen LogP contribution in [-0.4, -0.2) is 53.0 Å². The number of aromatic nitrogens is 1. The Morgan fingerprint density at radius 2 is 2.42 bits per heavy atom. The van der Waals surface area contributed by atoms with Crippen LogP contribution in [0.3, 0.4) is 0 Å². The zero-order valence-corrected chi connectivity index (χ0v) is 10.5. The minimum absolute atomic E-state index is 0.0559. The molecule has 3 rings (SSSR count). The molecule has 6 nitrogen and oxygen atoms in total. The monoisotopic (exact) mass is 257 g/mol. The second-order valence-corrected chi connectivity index (χ2v) is 4.93. The fourth-order valence-electron chi connectivity index (χ4n) is 2.70. The van der Waals surface area contributed by atoms with Crippen molar-refractivity contribution in [2.24, 2.45) is 0 Å². The van der Waals surface area contributed by atoms with Gasteiger partial charge in [0, 0.05) is 38.9 Å². The number of amides is 2. The van der Waals surface area contributed by atoms with E-state index in [-0.39, 0.29) is 12.1 Å². The van der Waals surface area contributed by atoms with E-state index >= 15 is 0 Å². The van der Waals surface area contributed by atoms with Gasteiger partial charge in [-0.05, 0) is 17.7 Å². The highest BCUT2D eigenvalue weighted by Crippen LogP contribution is 2.16. The number of piperazine rings is 1. The third kappa shape index (κ3) is 2.37. The summed E-state index contributed by atoms with van der Waals surface area (Å²) in [5.41, 5.74) is 1.55. The molecule has 0 aromatic carbocycles. The maximum atomic E-state index is 11.5. The summed E-state index contributed by atoms with van der Waals surface area (Å²) in [5, 5.41) is 11.7. The van der Waals surface area contributed by atoms with Gasteiger partial charge < -0.3 is 10.2 Å². The number of hydrogen-bond acceptors (Lipinski definition) is 4. The van der Waals surface area contributed by atoms with Gasteiger partial charge in [0.2, 0.25) is 0 Å². The molecule has 0 bridgehead atoms. The normalized spacial score (nSPS) is 22.8. The van der Waals surface area contributed by atoms with Crippen molar-refractivity contribution < 1.29 is 4.79 Å². The summed E-state index contributed by atoms with van der Waals surface area (Å²) in [4.78, 5) is 19.7. The van der Waals surface area contributed by atoms with Crippen LogP contribution in [0, 0.1) is 11.3 Å². The molecule has 0 aliphatic carbocycles. The summed E-state index contributed by atoms with van der Waals surface area (Å²) in [7, 11) is 0. The standard InChI is InChI=1S/C13H15N5O/c14-6-11-5-10(1-2-15-11)8-17-3-4-18-12(9-17)7-16-13(18)19/h1-2,5,12H,3-4,7-9H2,(H,16,19). The maximum absolute atomic E-state index is 11.5. The van der Waals surface area contributed by atoms with Crippen LogP contribution < -0.4 is 5.32 Å². The lowest BCUT2D eigenvalue weighted by molar-refractivity contribution is 0.116. The van der Waals surface area contributed by atoms with Crippen molar-refractivity contribution in [2.45, 2.75) is 12.6 Å². The Labute approximate surface area is 111 Å². The van der Waals surface area contributed by atoms with Crippen LogP contribution in [0.5, 0.6) is 0 Å². The van der Waals surface area contributed by atoms with Crippen molar-refractivity contribution in [3.8, 4) is 6.07 Å². The number of urea groups is 1. The zero-order valence-electron chi connectivity index (χ0n) is 10.5. The van der Waals surface area contributed by atoms with Crippen LogP contribution in [0.1, 0.15) is 11.3 Å². The van der Waals surface area contributed by atoms with E-state index in [1.54, 1.807) is 6.20 Å². The quantitative estimate of drug-likeness (QED) is 0.819. The Hall–Kier alpha value is -2.13. The van der Waals surface area contributed by atoms with Gasteiger partial charge in [-0.1, -0.05) is 0 Å². The second kappa shape index (κ2) is 4.86. The number of rotatable bonds is 2. The van der Waals surface area contributed by atoms with Crippen molar-refractivity contribution in [3.63, 3.8) is 0 Å². The average molecular weight is 257 g/mol. The Balaban J connectivity index is 1.65. The topological polar surface area (TPSA) is 72.3 Å². The van der Waals surface area contributed by atoms with Gasteiger partial charge in [-0.3, -0.25) is 4.90 Å². The van der Waals surface area contributed by atoms with Crippen LogP contribution in [0.25, 0.3) is 0 Å². The fourth-order valence-corrected chi connectivity index (χ4v) is 2.70. The molecule has 3 heterocycles. The number of nitrogens with zero attached hydrogens (tertiary/aromatic N) is 4. The average Bonchev–Trinajstić information content (AvgIpc) is 2.80. The second-order valence-electron chi connectivity index (χ2n) is 4.93. The van der Waals surface area contributed by atoms with Crippen molar-refractivity contribution >= 4 is 6.03 Å². The number of nitrogens with one attached hydrogen (secondary N) is 1. The summed E-state index contributed by atoms with van der Waals surface area (Å²) in [6, 6.07) is 6.15. The van der Waals surface area contributed by atoms with Crippen molar-refractivity contribution in [2.75, 3.05) is 26.2 Å². The number of pyridine rings is 1. The molecule has 2 aliphatic rings. The van der Waals surface area contributed by atoms with E-state index in [2.05, 4.69) is 21.3 Å². The molecule has 2 fully saturated rings. The lowest BCUT2D eigenvalue weighted by atomic mass is 10.1. The molecule has 1 aromatic heterocycles. The summed E-state index contributed by atoms with van der Waals surface area (Å²) < 4.78 is 0. The number of nitriles is 1. The van der Waals surface area contributed by atoms with E-state index in [9.17, 15) is 4.79 Å². The molecule has 19 heavy (non-hydrogen) atoms. The lowest BCUT2D eigenvalue weighted by Gasteiger charge is -2.36. The number of fused-ring (bicyclic) bond motifs is 1. The molecule has 2 amide bonds. The molecule has 1 atom stereocenters. The lowest BCUT2D eigenvalue weighted by Crippen LogP contribution is -2.51. The first kappa shape index (κ1) is 11.9. The molecule has 1 N–H and O–H groups in total. The Morgan fingerprint density at radius 1 is 1.53 bits per heavy atom. The van der Waals surface area contributed by atoms with Crippen LogP contribution in [0.4, 0.5) is 4.79 Å². The van der Waals surface area contributed by atoms with E-state index in [1.165, 1.54) is 0 Å². The first-order valence-electron chi connectivity index (χ1n) is 6.38. The third-order valence-electron chi connectivity index (χ3n) is 3.66. The molecular weight excluding hydrogens is 242 g/mol. The van der Waals surface area contributed by atoms with Crippen molar-refractivity contribution in [1.82, 2.24) is 20.1 Å². The van der Waals surface area contributed by atoms with Gasteiger partial charge >= 0.3 is 6.03 Å². The molecule has 6 heteroatoms. The highest BCUT2D eigenvalue weighted by atomic mass is 16.2. The van der Waals surface area contributed by atoms with E-state index in [0.717, 1.165) is 38.3 Å². The minimum Gasteiger partial charge on any atom is -0.336 e. The molecule has 0 spiro atoms. The first-order chi connectivity index (χ1) is 9.26. The molecular formula is C13H15N5O. The van der Waals surface area contributed by atoms with Gasteiger partial charge in [0.1, 0.15) is 11.8 Å². The molecule has 0 radical (unpaired) electrons. The van der Waals surface area contributed by atoms with Gasteiger partial charge in [-0.15, -0.1) is 0 Å². The summed E-state index contributed by atoms with van der Waals surface area (Å²) in [5.74, 6) is 0. The van der Waals surface area contributed by atoms with E-state index in [4.69, 9.17) is 5.26 Å². The maximum Gasteiger partial charge on any atom is 0.317 e. The molecule has 1 aromatic rings. The van der Waals surface area contributed by atoms with E-state index < -0.39 is 0 Å². The molecule has 1 unspecified atom stereocenters. The highest BCUT2D eigenvalue weighted by Gasteiger charge is 2.35. The predicted molar refractivity (Wildman–Crippen MR) is 68.1 cm³/mol. The SMILES string of the molecule is N#Cc1cc(CN2CCN3C(=O)NCC3C2)ccn1. The number of carbonyl (C=O) groups excluding carboxylic acids is 1. The van der Waals surface area contributed by atoms with E-state index in [0.29, 0.717) is 5.69 Å². The molecule has 98 valence electrons. The van der Waals surface area contributed by atoms with Gasteiger partial charge in [0.25, 0.3) is 0 Å². The fraction of sp³-hybridized carbons (Fsp3) is 0.462. The van der Waals surface area contributed by atoms with Gasteiger partial charge in [0.05, 0.1) is 6.04 Å². The van der Waals surface area contributed by atoms with Gasteiger partial charge in [-0.25, -0.2) is 9.78 Å². The summed E-state index contributed by atoms with van der Waals surface area (Å²) in [6.07, 6.45) is 1.67. The zero-order chi connectivity index (χ0) is 13.2.